The molecule has 1 aliphatic heterocycles. The summed E-state index contributed by atoms with van der Waals surface area (Å²) in [6.45, 7) is 2.63. The summed E-state index contributed by atoms with van der Waals surface area (Å²) in [6, 6.07) is 0.0877. The third-order valence-corrected chi connectivity index (χ3v) is 4.66. The van der Waals surface area contributed by atoms with Crippen molar-refractivity contribution in [3.05, 3.63) is 11.5 Å². The third kappa shape index (κ3) is 2.88. The quantitative estimate of drug-likeness (QED) is 0.759. The van der Waals surface area contributed by atoms with Gasteiger partial charge in [0.2, 0.25) is 0 Å². The molecular formula is C11H19NO4S. The minimum absolute atomic E-state index is 0.0201. The third-order valence-electron chi connectivity index (χ3n) is 3.26. The highest BCUT2D eigenvalue weighted by Gasteiger charge is 2.43. The average Bonchev–Trinajstić information content (AvgIpc) is 2.57. The van der Waals surface area contributed by atoms with E-state index < -0.39 is 9.84 Å². The van der Waals surface area contributed by atoms with Gasteiger partial charge < -0.3 is 14.8 Å². The first-order valence-corrected chi connectivity index (χ1v) is 7.58. The van der Waals surface area contributed by atoms with Crippen LogP contribution in [-0.4, -0.2) is 52.2 Å². The van der Waals surface area contributed by atoms with Crippen molar-refractivity contribution in [2.45, 2.75) is 37.6 Å². The van der Waals surface area contributed by atoms with E-state index in [4.69, 9.17) is 9.47 Å². The maximum absolute atomic E-state index is 11.3. The van der Waals surface area contributed by atoms with E-state index in [1.807, 2.05) is 6.92 Å². The molecule has 1 N–H and O–H groups in total. The lowest BCUT2D eigenvalue weighted by atomic mass is 9.84. The van der Waals surface area contributed by atoms with Crippen LogP contribution in [0, 0.1) is 0 Å². The second-order valence-electron chi connectivity index (χ2n) is 4.47. The molecule has 2 rings (SSSR count). The standard InChI is InChI=1S/C11H19NO4S/c1-3-16-10-6-9(11(10)15-2)12-8-4-5-17(13,14)7-8/h4-5,8-12H,3,6-7H2,1-2H3. The number of methoxy groups -OCH3 is 1. The van der Waals surface area contributed by atoms with Crippen molar-refractivity contribution in [3.8, 4) is 0 Å². The molecule has 0 aromatic rings. The highest BCUT2D eigenvalue weighted by Crippen LogP contribution is 2.28. The van der Waals surface area contributed by atoms with Gasteiger partial charge in [-0.3, -0.25) is 0 Å². The monoisotopic (exact) mass is 261 g/mol. The zero-order valence-electron chi connectivity index (χ0n) is 10.1. The number of ether oxygens (including phenoxy) is 2. The van der Waals surface area contributed by atoms with Crippen molar-refractivity contribution in [2.75, 3.05) is 19.5 Å². The molecule has 0 aromatic carbocycles. The number of nitrogens with one attached hydrogen (secondary N) is 1. The number of rotatable bonds is 5. The molecule has 0 bridgehead atoms. The minimum atomic E-state index is -2.99. The Labute approximate surface area is 102 Å². The van der Waals surface area contributed by atoms with E-state index in [0.29, 0.717) is 6.61 Å². The lowest BCUT2D eigenvalue weighted by Crippen LogP contribution is -2.61. The summed E-state index contributed by atoms with van der Waals surface area (Å²) >= 11 is 0. The molecule has 2 aliphatic rings. The minimum Gasteiger partial charge on any atom is -0.377 e. The molecule has 4 atom stereocenters. The van der Waals surface area contributed by atoms with Crippen LogP contribution in [0.3, 0.4) is 0 Å². The van der Waals surface area contributed by atoms with Gasteiger partial charge in [-0.05, 0) is 13.3 Å². The molecule has 0 radical (unpaired) electrons. The predicted molar refractivity (Wildman–Crippen MR) is 64.5 cm³/mol. The predicted octanol–water partition coefficient (Wildman–Crippen LogP) is 0.0791. The van der Waals surface area contributed by atoms with Gasteiger partial charge in [0.1, 0.15) is 0 Å². The number of hydrogen-bond acceptors (Lipinski definition) is 5. The summed E-state index contributed by atoms with van der Waals surface area (Å²) in [4.78, 5) is 0. The summed E-state index contributed by atoms with van der Waals surface area (Å²) in [7, 11) is -1.33. The van der Waals surface area contributed by atoms with Gasteiger partial charge in [-0.2, -0.15) is 0 Å². The Balaban J connectivity index is 1.84. The van der Waals surface area contributed by atoms with Gasteiger partial charge in [0.05, 0.1) is 18.0 Å². The highest BCUT2D eigenvalue weighted by molar-refractivity contribution is 7.94. The van der Waals surface area contributed by atoms with Crippen LogP contribution in [0.4, 0.5) is 0 Å². The van der Waals surface area contributed by atoms with Crippen molar-refractivity contribution < 1.29 is 17.9 Å². The maximum Gasteiger partial charge on any atom is 0.173 e. The highest BCUT2D eigenvalue weighted by atomic mass is 32.2. The molecule has 17 heavy (non-hydrogen) atoms. The van der Waals surface area contributed by atoms with Crippen molar-refractivity contribution in [1.29, 1.82) is 0 Å². The van der Waals surface area contributed by atoms with Crippen molar-refractivity contribution in [1.82, 2.24) is 5.32 Å². The van der Waals surface area contributed by atoms with Crippen molar-refractivity contribution >= 4 is 9.84 Å². The van der Waals surface area contributed by atoms with E-state index in [9.17, 15) is 8.42 Å². The lowest BCUT2D eigenvalue weighted by Gasteiger charge is -2.44. The molecule has 0 aromatic heterocycles. The van der Waals surface area contributed by atoms with Crippen LogP contribution in [0.1, 0.15) is 13.3 Å². The van der Waals surface area contributed by atoms with E-state index in [-0.39, 0.29) is 30.0 Å². The number of sulfone groups is 1. The first-order valence-electron chi connectivity index (χ1n) is 5.87. The molecule has 6 heteroatoms. The van der Waals surface area contributed by atoms with Crippen LogP contribution in [-0.2, 0) is 19.3 Å². The largest absolute Gasteiger partial charge is 0.377 e. The van der Waals surface area contributed by atoms with Crippen LogP contribution in [0.5, 0.6) is 0 Å². The molecule has 1 heterocycles. The zero-order valence-corrected chi connectivity index (χ0v) is 10.9. The van der Waals surface area contributed by atoms with Crippen LogP contribution < -0.4 is 5.32 Å². The molecule has 0 amide bonds. The Morgan fingerprint density at radius 2 is 2.24 bits per heavy atom. The second kappa shape index (κ2) is 5.06. The van der Waals surface area contributed by atoms with Crippen molar-refractivity contribution in [2.24, 2.45) is 0 Å². The summed E-state index contributed by atoms with van der Waals surface area (Å²) in [5.41, 5.74) is 0. The molecule has 1 aliphatic carbocycles. The fraction of sp³-hybridized carbons (Fsp3) is 0.818. The molecule has 98 valence electrons. The van der Waals surface area contributed by atoms with Gasteiger partial charge in [-0.1, -0.05) is 6.08 Å². The average molecular weight is 261 g/mol. The van der Waals surface area contributed by atoms with E-state index in [1.165, 1.54) is 5.41 Å². The first-order chi connectivity index (χ1) is 8.05. The van der Waals surface area contributed by atoms with Gasteiger partial charge in [-0.15, -0.1) is 0 Å². The van der Waals surface area contributed by atoms with Crippen LogP contribution in [0.15, 0.2) is 11.5 Å². The molecule has 4 unspecified atom stereocenters. The molecule has 5 nitrogen and oxygen atoms in total. The molecular weight excluding hydrogens is 242 g/mol. The summed E-state index contributed by atoms with van der Waals surface area (Å²) in [5, 5.41) is 4.57. The molecule has 0 saturated heterocycles. The summed E-state index contributed by atoms with van der Waals surface area (Å²) in [5.74, 6) is 0.152. The topological polar surface area (TPSA) is 64.6 Å². The Hall–Kier alpha value is -0.430. The van der Waals surface area contributed by atoms with E-state index in [0.717, 1.165) is 6.42 Å². The van der Waals surface area contributed by atoms with Gasteiger partial charge in [0.25, 0.3) is 0 Å². The molecule has 1 saturated carbocycles. The summed E-state index contributed by atoms with van der Waals surface area (Å²) in [6.07, 6.45) is 2.73. The van der Waals surface area contributed by atoms with Gasteiger partial charge in [0, 0.05) is 31.2 Å². The smallest absolute Gasteiger partial charge is 0.173 e. The Morgan fingerprint density at radius 3 is 2.76 bits per heavy atom. The Morgan fingerprint density at radius 1 is 1.47 bits per heavy atom. The maximum atomic E-state index is 11.3. The first kappa shape index (κ1) is 13.0. The molecule has 0 spiro atoms. The lowest BCUT2D eigenvalue weighted by molar-refractivity contribution is -0.131. The zero-order chi connectivity index (χ0) is 12.5. The van der Waals surface area contributed by atoms with Gasteiger partial charge in [0.15, 0.2) is 9.84 Å². The van der Waals surface area contributed by atoms with Gasteiger partial charge in [-0.25, -0.2) is 8.42 Å². The van der Waals surface area contributed by atoms with Gasteiger partial charge >= 0.3 is 0 Å². The Bertz CT molecular complexity index is 392. The summed E-state index contributed by atoms with van der Waals surface area (Å²) < 4.78 is 33.4. The fourth-order valence-electron chi connectivity index (χ4n) is 2.39. The Kier molecular flexibility index (Phi) is 3.87. The van der Waals surface area contributed by atoms with E-state index >= 15 is 0 Å². The number of hydrogen-bond donors (Lipinski definition) is 1. The van der Waals surface area contributed by atoms with Crippen LogP contribution in [0.2, 0.25) is 0 Å². The van der Waals surface area contributed by atoms with E-state index in [2.05, 4.69) is 5.32 Å². The second-order valence-corrected chi connectivity index (χ2v) is 6.40. The molecule has 1 fully saturated rings. The van der Waals surface area contributed by atoms with Crippen LogP contribution in [0.25, 0.3) is 0 Å². The van der Waals surface area contributed by atoms with E-state index in [1.54, 1.807) is 13.2 Å². The normalized spacial score (nSPS) is 39.2. The fourth-order valence-corrected chi connectivity index (χ4v) is 3.64. The SMILES string of the molecule is CCOC1CC(NC2C=CS(=O)(=O)C2)C1OC. The van der Waals surface area contributed by atoms with Crippen LogP contribution >= 0.6 is 0 Å². The van der Waals surface area contributed by atoms with Crippen molar-refractivity contribution in [3.63, 3.8) is 0 Å².